The van der Waals surface area contributed by atoms with E-state index in [-0.39, 0.29) is 11.9 Å². The van der Waals surface area contributed by atoms with Gasteiger partial charge in [-0.25, -0.2) is 4.98 Å². The van der Waals surface area contributed by atoms with Crippen molar-refractivity contribution in [3.8, 4) is 5.75 Å². The van der Waals surface area contributed by atoms with Crippen LogP contribution in [0.3, 0.4) is 0 Å². The molecule has 1 amide bonds. The van der Waals surface area contributed by atoms with Crippen LogP contribution in [-0.2, 0) is 0 Å². The Balaban J connectivity index is 1.53. The first-order valence-corrected chi connectivity index (χ1v) is 9.68. The smallest absolute Gasteiger partial charge is 0.259 e. The zero-order chi connectivity index (χ0) is 20.1. The van der Waals surface area contributed by atoms with Gasteiger partial charge in [0.15, 0.2) is 0 Å². The number of benzene rings is 2. The van der Waals surface area contributed by atoms with Crippen LogP contribution in [-0.4, -0.2) is 37.6 Å². The summed E-state index contributed by atoms with van der Waals surface area (Å²) in [5.41, 5.74) is 2.52. The summed E-state index contributed by atoms with van der Waals surface area (Å²) in [4.78, 5) is 19.7. The van der Waals surface area contributed by atoms with E-state index in [4.69, 9.17) is 4.74 Å². The third-order valence-corrected chi connectivity index (χ3v) is 5.06. The van der Waals surface area contributed by atoms with Crippen molar-refractivity contribution in [3.05, 3.63) is 84.1 Å². The molecule has 0 bridgehead atoms. The Kier molecular flexibility index (Phi) is 5.72. The summed E-state index contributed by atoms with van der Waals surface area (Å²) in [5, 5.41) is 6.51. The largest absolute Gasteiger partial charge is 0.497 e. The van der Waals surface area contributed by atoms with Crippen LogP contribution >= 0.6 is 0 Å². The van der Waals surface area contributed by atoms with E-state index in [0.717, 1.165) is 25.4 Å². The number of carbonyl (C=O) groups excluding carboxylic acids is 1. The Hall–Kier alpha value is -3.38. The number of carbonyl (C=O) groups is 1. The lowest BCUT2D eigenvalue weighted by molar-refractivity contribution is 0.102. The van der Waals surface area contributed by atoms with Crippen LogP contribution in [0.1, 0.15) is 22.0 Å². The highest BCUT2D eigenvalue weighted by Crippen LogP contribution is 2.25. The van der Waals surface area contributed by atoms with Crippen molar-refractivity contribution in [3.63, 3.8) is 0 Å². The van der Waals surface area contributed by atoms with Gasteiger partial charge in [0.05, 0.1) is 12.7 Å². The van der Waals surface area contributed by atoms with E-state index in [1.807, 2.05) is 48.5 Å². The van der Waals surface area contributed by atoms with Crippen molar-refractivity contribution in [1.29, 1.82) is 0 Å². The number of aromatic nitrogens is 1. The topological polar surface area (TPSA) is 66.5 Å². The van der Waals surface area contributed by atoms with Gasteiger partial charge in [0.1, 0.15) is 11.6 Å². The van der Waals surface area contributed by atoms with E-state index < -0.39 is 0 Å². The fourth-order valence-corrected chi connectivity index (χ4v) is 3.55. The Morgan fingerprint density at radius 1 is 1.10 bits per heavy atom. The second-order valence-corrected chi connectivity index (χ2v) is 6.92. The predicted molar refractivity (Wildman–Crippen MR) is 115 cm³/mol. The number of amides is 1. The monoisotopic (exact) mass is 388 g/mol. The van der Waals surface area contributed by atoms with Gasteiger partial charge in [0.2, 0.25) is 0 Å². The highest BCUT2D eigenvalue weighted by Gasteiger charge is 2.25. The number of nitrogens with zero attached hydrogens (tertiary/aromatic N) is 2. The van der Waals surface area contributed by atoms with E-state index in [1.165, 1.54) is 5.56 Å². The number of pyridine rings is 1. The highest BCUT2D eigenvalue weighted by molar-refractivity contribution is 6.07. The van der Waals surface area contributed by atoms with Crippen molar-refractivity contribution in [2.75, 3.05) is 37.0 Å². The second kappa shape index (κ2) is 8.75. The molecule has 6 nitrogen and oxygen atoms in total. The van der Waals surface area contributed by atoms with E-state index >= 15 is 0 Å². The molecule has 0 saturated carbocycles. The maximum Gasteiger partial charge on any atom is 0.259 e. The quantitative estimate of drug-likeness (QED) is 0.700. The molecule has 4 rings (SSSR count). The second-order valence-electron chi connectivity index (χ2n) is 6.92. The first-order valence-electron chi connectivity index (χ1n) is 9.68. The summed E-state index contributed by atoms with van der Waals surface area (Å²) in [6.07, 6.45) is 1.74. The number of hydrogen-bond acceptors (Lipinski definition) is 5. The summed E-state index contributed by atoms with van der Waals surface area (Å²) >= 11 is 0. The summed E-state index contributed by atoms with van der Waals surface area (Å²) in [5.74, 6) is 1.28. The van der Waals surface area contributed by atoms with Gasteiger partial charge in [-0.05, 0) is 42.0 Å². The number of rotatable bonds is 5. The molecule has 2 aromatic carbocycles. The normalized spacial score (nSPS) is 16.3. The maximum atomic E-state index is 13.0. The molecule has 1 saturated heterocycles. The number of methoxy groups -OCH3 is 1. The molecule has 1 aromatic heterocycles. The van der Waals surface area contributed by atoms with Crippen LogP contribution in [0.15, 0.2) is 72.9 Å². The lowest BCUT2D eigenvalue weighted by Gasteiger charge is -2.35. The molecule has 29 heavy (non-hydrogen) atoms. The molecular weight excluding hydrogens is 364 g/mol. The minimum absolute atomic E-state index is 0.173. The molecule has 1 aliphatic heterocycles. The molecule has 1 aliphatic rings. The zero-order valence-corrected chi connectivity index (χ0v) is 16.3. The van der Waals surface area contributed by atoms with Crippen molar-refractivity contribution >= 4 is 17.4 Å². The Morgan fingerprint density at radius 2 is 1.90 bits per heavy atom. The van der Waals surface area contributed by atoms with E-state index in [1.54, 1.807) is 19.4 Å². The van der Waals surface area contributed by atoms with Crippen LogP contribution in [0, 0.1) is 0 Å². The van der Waals surface area contributed by atoms with Crippen molar-refractivity contribution in [2.24, 2.45) is 0 Å². The molecule has 1 fully saturated rings. The van der Waals surface area contributed by atoms with Crippen molar-refractivity contribution in [1.82, 2.24) is 10.3 Å². The number of hydrogen-bond donors (Lipinski definition) is 2. The van der Waals surface area contributed by atoms with Crippen LogP contribution in [0.2, 0.25) is 0 Å². The third-order valence-electron chi connectivity index (χ3n) is 5.06. The molecule has 0 radical (unpaired) electrons. The molecule has 6 heteroatoms. The standard InChI is InChI=1S/C23H24N4O2/c1-29-19-11-9-18(10-12-19)26-23(28)20-8-5-13-25-22(20)27-15-14-24-21(16-27)17-6-3-2-4-7-17/h2-13,21,24H,14-16H2,1H3,(H,26,28)/t21-/m0/s1. The van der Waals surface area contributed by atoms with E-state index in [2.05, 4.69) is 32.7 Å². The van der Waals surface area contributed by atoms with Crippen LogP contribution in [0.25, 0.3) is 0 Å². The summed E-state index contributed by atoms with van der Waals surface area (Å²) in [7, 11) is 1.62. The zero-order valence-electron chi connectivity index (χ0n) is 16.3. The maximum absolute atomic E-state index is 13.0. The van der Waals surface area contributed by atoms with E-state index in [9.17, 15) is 4.79 Å². The number of anilines is 2. The molecule has 0 unspecified atom stereocenters. The van der Waals surface area contributed by atoms with Gasteiger partial charge < -0.3 is 20.3 Å². The van der Waals surface area contributed by atoms with Crippen LogP contribution < -0.4 is 20.3 Å². The minimum Gasteiger partial charge on any atom is -0.497 e. The fourth-order valence-electron chi connectivity index (χ4n) is 3.55. The van der Waals surface area contributed by atoms with Gasteiger partial charge in [-0.2, -0.15) is 0 Å². The number of nitrogens with one attached hydrogen (secondary N) is 2. The lowest BCUT2D eigenvalue weighted by atomic mass is 10.0. The molecule has 0 aliphatic carbocycles. The Labute approximate surface area is 170 Å². The summed E-state index contributed by atoms with van der Waals surface area (Å²) < 4.78 is 5.17. The minimum atomic E-state index is -0.173. The van der Waals surface area contributed by atoms with Gasteiger partial charge in [-0.15, -0.1) is 0 Å². The average Bonchev–Trinajstić information content (AvgIpc) is 2.80. The van der Waals surface area contributed by atoms with Crippen molar-refractivity contribution < 1.29 is 9.53 Å². The Bertz CT molecular complexity index is 960. The average molecular weight is 388 g/mol. The third kappa shape index (κ3) is 4.38. The van der Waals surface area contributed by atoms with Gasteiger partial charge >= 0.3 is 0 Å². The summed E-state index contributed by atoms with van der Waals surface area (Å²) in [6, 6.07) is 21.5. The lowest BCUT2D eigenvalue weighted by Crippen LogP contribution is -2.46. The predicted octanol–water partition coefficient (Wildman–Crippen LogP) is 3.49. The van der Waals surface area contributed by atoms with Crippen molar-refractivity contribution in [2.45, 2.75) is 6.04 Å². The molecule has 148 valence electrons. The molecule has 3 aromatic rings. The molecule has 0 spiro atoms. The molecule has 2 N–H and O–H groups in total. The van der Waals surface area contributed by atoms with E-state index in [0.29, 0.717) is 17.1 Å². The highest BCUT2D eigenvalue weighted by atomic mass is 16.5. The SMILES string of the molecule is COc1ccc(NC(=O)c2cccnc2N2CCN[C@H](c3ccccc3)C2)cc1. The Morgan fingerprint density at radius 3 is 2.66 bits per heavy atom. The number of piperazine rings is 1. The van der Waals surface area contributed by atoms with Crippen LogP contribution in [0.4, 0.5) is 11.5 Å². The fraction of sp³-hybridized carbons (Fsp3) is 0.217. The molecule has 2 heterocycles. The first-order chi connectivity index (χ1) is 14.2. The van der Waals surface area contributed by atoms with Gasteiger partial charge in [-0.1, -0.05) is 30.3 Å². The van der Waals surface area contributed by atoms with Gasteiger partial charge in [0.25, 0.3) is 5.91 Å². The summed E-state index contributed by atoms with van der Waals surface area (Å²) in [6.45, 7) is 2.38. The molecular formula is C23H24N4O2. The van der Waals surface area contributed by atoms with Crippen LogP contribution in [0.5, 0.6) is 5.75 Å². The van der Waals surface area contributed by atoms with Gasteiger partial charge in [-0.3, -0.25) is 4.79 Å². The van der Waals surface area contributed by atoms with Gasteiger partial charge in [0, 0.05) is 37.6 Å². The molecule has 1 atom stereocenters. The number of ether oxygens (including phenoxy) is 1. The first kappa shape index (κ1) is 19.0.